The normalized spacial score (nSPS) is 21.3. The Labute approximate surface area is 205 Å². The van der Waals surface area contributed by atoms with E-state index in [-0.39, 0.29) is 28.7 Å². The van der Waals surface area contributed by atoms with E-state index < -0.39 is 28.8 Å². The van der Waals surface area contributed by atoms with Crippen molar-refractivity contribution in [1.82, 2.24) is 19.4 Å². The van der Waals surface area contributed by atoms with Crippen LogP contribution in [0.25, 0.3) is 0 Å². The number of nitrogens with one attached hydrogen (secondary N) is 1. The molecule has 11 nitrogen and oxygen atoms in total. The van der Waals surface area contributed by atoms with Gasteiger partial charge in [-0.1, -0.05) is 0 Å². The van der Waals surface area contributed by atoms with Gasteiger partial charge in [0.2, 0.25) is 17.7 Å². The summed E-state index contributed by atoms with van der Waals surface area (Å²) in [6.07, 6.45) is 2.88. The smallest absolute Gasteiger partial charge is 0.332 e. The molecule has 2 saturated heterocycles. The van der Waals surface area contributed by atoms with Gasteiger partial charge in [-0.2, -0.15) is 0 Å². The maximum Gasteiger partial charge on any atom is 0.332 e. The van der Waals surface area contributed by atoms with Gasteiger partial charge in [0, 0.05) is 39.6 Å². The Morgan fingerprint density at radius 1 is 1.14 bits per heavy atom. The largest absolute Gasteiger partial charge is 0.494 e. The summed E-state index contributed by atoms with van der Waals surface area (Å²) in [4.78, 5) is 62.6. The van der Waals surface area contributed by atoms with Gasteiger partial charge in [0.1, 0.15) is 5.56 Å². The van der Waals surface area contributed by atoms with Gasteiger partial charge in [-0.15, -0.1) is 0 Å². The van der Waals surface area contributed by atoms with Crippen molar-refractivity contribution < 1.29 is 19.5 Å². The highest BCUT2D eigenvalue weighted by Crippen LogP contribution is 2.49. The molecule has 2 fully saturated rings. The van der Waals surface area contributed by atoms with Gasteiger partial charge in [0.25, 0.3) is 5.56 Å². The first-order valence-corrected chi connectivity index (χ1v) is 11.5. The van der Waals surface area contributed by atoms with Crippen LogP contribution in [0.1, 0.15) is 24.0 Å². The molecule has 0 saturated carbocycles. The summed E-state index contributed by atoms with van der Waals surface area (Å²) in [5.41, 5.74) is 0.136. The summed E-state index contributed by atoms with van der Waals surface area (Å²) in [5.74, 6) is -1.29. The number of aliphatic imine (C=N–C) groups is 1. The minimum Gasteiger partial charge on any atom is -0.494 e. The third kappa shape index (κ3) is 3.16. The maximum absolute atomic E-state index is 13.5. The summed E-state index contributed by atoms with van der Waals surface area (Å²) in [7, 11) is 4.33. The van der Waals surface area contributed by atoms with Gasteiger partial charge < -0.3 is 10.0 Å². The molecule has 3 aliphatic heterocycles. The molecule has 0 bridgehead atoms. The number of H-pyrrole nitrogens is 1. The molecule has 1 aromatic heterocycles. The number of nitrogens with zero attached hydrogens (tertiary/aromatic N) is 5. The molecule has 3 aliphatic rings. The predicted molar refractivity (Wildman–Crippen MR) is 130 cm³/mol. The van der Waals surface area contributed by atoms with E-state index >= 15 is 0 Å². The van der Waals surface area contributed by atoms with E-state index in [0.29, 0.717) is 18.7 Å². The van der Waals surface area contributed by atoms with Crippen LogP contribution in [0.3, 0.4) is 0 Å². The fraction of sp³-hybridized carbons (Fsp3) is 0.391. The molecular weight excluding hydrogens is 472 g/mol. The van der Waals surface area contributed by atoms with Gasteiger partial charge in [-0.05, 0) is 55.2 Å². The molecule has 5 rings (SSSR count). The van der Waals surface area contributed by atoms with Crippen LogP contribution in [0.2, 0.25) is 0 Å². The zero-order chi connectivity index (χ0) is 25.2. The Morgan fingerprint density at radius 2 is 1.83 bits per heavy atom. The van der Waals surface area contributed by atoms with Crippen LogP contribution in [-0.2, 0) is 23.1 Å². The number of carbonyl (C=O) groups excluding carboxylic acids is 3. The second kappa shape index (κ2) is 7.87. The topological polar surface area (TPSA) is 131 Å². The summed E-state index contributed by atoms with van der Waals surface area (Å²) in [5, 5.41) is 10.3. The van der Waals surface area contributed by atoms with Crippen molar-refractivity contribution in [3.05, 3.63) is 44.5 Å². The average molecular weight is 497 g/mol. The van der Waals surface area contributed by atoms with Gasteiger partial charge in [0.15, 0.2) is 10.2 Å². The highest BCUT2D eigenvalue weighted by atomic mass is 32.1. The van der Waals surface area contributed by atoms with Crippen LogP contribution < -0.4 is 10.5 Å². The summed E-state index contributed by atoms with van der Waals surface area (Å²) in [6.45, 7) is 0.692. The molecule has 4 heterocycles. The van der Waals surface area contributed by atoms with Crippen molar-refractivity contribution in [3.63, 3.8) is 0 Å². The lowest BCUT2D eigenvalue weighted by molar-refractivity contribution is -0.159. The molecule has 0 unspecified atom stereocenters. The Bertz CT molecular complexity index is 1420. The number of rotatable bonds is 2. The van der Waals surface area contributed by atoms with Gasteiger partial charge in [0.05, 0.1) is 11.7 Å². The van der Waals surface area contributed by atoms with Crippen LogP contribution in [0, 0.1) is 10.2 Å². The third-order valence-electron chi connectivity index (χ3n) is 7.28. The molecule has 1 spiro atoms. The van der Waals surface area contributed by atoms with Crippen molar-refractivity contribution >= 4 is 47.7 Å². The second-order valence-electron chi connectivity index (χ2n) is 9.14. The van der Waals surface area contributed by atoms with Gasteiger partial charge in [-0.25, -0.2) is 4.79 Å². The Kier molecular flexibility index (Phi) is 5.16. The van der Waals surface area contributed by atoms with Crippen LogP contribution in [0.15, 0.2) is 28.0 Å². The molecule has 0 radical (unpaired) electrons. The van der Waals surface area contributed by atoms with E-state index in [2.05, 4.69) is 14.9 Å². The number of barbiturate groups is 1. The van der Waals surface area contributed by atoms with E-state index in [1.54, 1.807) is 12.1 Å². The number of urea groups is 1. The molecule has 1 atom stereocenters. The lowest BCUT2D eigenvalue weighted by Gasteiger charge is -2.50. The van der Waals surface area contributed by atoms with Gasteiger partial charge >= 0.3 is 6.03 Å². The van der Waals surface area contributed by atoms with E-state index in [1.165, 1.54) is 31.9 Å². The number of benzene rings is 1. The van der Waals surface area contributed by atoms with Crippen molar-refractivity contribution in [2.45, 2.75) is 25.3 Å². The van der Waals surface area contributed by atoms with Crippen LogP contribution in [0.5, 0.6) is 5.88 Å². The predicted octanol–water partition coefficient (Wildman–Crippen LogP) is 1.46. The summed E-state index contributed by atoms with van der Waals surface area (Å²) < 4.78 is 1.34. The number of fused-ring (bicyclic) bond motifs is 4. The number of aromatic amines is 1. The highest BCUT2D eigenvalue weighted by Gasteiger charge is 2.63. The van der Waals surface area contributed by atoms with E-state index in [0.717, 1.165) is 27.5 Å². The number of aromatic nitrogens is 2. The van der Waals surface area contributed by atoms with E-state index in [4.69, 9.17) is 12.2 Å². The number of imide groups is 2. The van der Waals surface area contributed by atoms with Crippen molar-refractivity contribution in [3.8, 4) is 5.88 Å². The fourth-order valence-electron chi connectivity index (χ4n) is 5.47. The quantitative estimate of drug-likeness (QED) is 0.366. The highest BCUT2D eigenvalue weighted by molar-refractivity contribution is 7.71. The number of carbonyl (C=O) groups is 3. The van der Waals surface area contributed by atoms with E-state index in [9.17, 15) is 24.3 Å². The third-order valence-corrected chi connectivity index (χ3v) is 7.66. The van der Waals surface area contributed by atoms with Crippen molar-refractivity contribution in [2.24, 2.45) is 17.5 Å². The molecule has 1 aromatic carbocycles. The monoisotopic (exact) mass is 496 g/mol. The van der Waals surface area contributed by atoms with Gasteiger partial charge in [-0.3, -0.25) is 38.7 Å². The number of hydrogen-bond donors (Lipinski definition) is 2. The Hall–Kier alpha value is -3.80. The summed E-state index contributed by atoms with van der Waals surface area (Å²) in [6, 6.07) is 4.46. The number of hydrogen-bond acceptors (Lipinski definition) is 8. The zero-order valence-corrected chi connectivity index (χ0v) is 20.3. The SMILES string of the molecule is CN1C(=O)N(C)C(=O)C2(Cc3cc(N=Cc4c(O)n(C)c(=S)[nH]c4=O)ccc3N3CCC[C@@H]32)C1=O. The fourth-order valence-corrected chi connectivity index (χ4v) is 5.65. The molecule has 4 amide bonds. The molecule has 2 aromatic rings. The Balaban J connectivity index is 1.58. The van der Waals surface area contributed by atoms with Crippen LogP contribution in [0.4, 0.5) is 16.2 Å². The first kappa shape index (κ1) is 23.0. The molecule has 35 heavy (non-hydrogen) atoms. The van der Waals surface area contributed by atoms with Crippen LogP contribution >= 0.6 is 12.2 Å². The molecule has 182 valence electrons. The minimum atomic E-state index is -1.40. The second-order valence-corrected chi connectivity index (χ2v) is 9.52. The molecular formula is C23H24N6O5S. The maximum atomic E-state index is 13.5. The Morgan fingerprint density at radius 3 is 2.51 bits per heavy atom. The standard InChI is InChI=1S/C23H24N6O5S/c1-26-18(31)14(17(30)25-21(26)35)11-24-13-6-7-15-12(9-13)10-23(16-5-4-8-29(15)16)19(32)27(2)22(34)28(3)20(23)33/h6-7,9,11,16,31H,4-5,8,10H2,1-3H3,(H,25,30,35)/t16-/m1/s1. The molecule has 0 aliphatic carbocycles. The lowest BCUT2D eigenvalue weighted by Crippen LogP contribution is -2.70. The number of amides is 4. The summed E-state index contributed by atoms with van der Waals surface area (Å²) >= 11 is 4.99. The van der Waals surface area contributed by atoms with Crippen molar-refractivity contribution in [2.75, 3.05) is 25.5 Å². The number of aromatic hydroxyl groups is 1. The molecule has 12 heteroatoms. The minimum absolute atomic E-state index is 0.0469. The van der Waals surface area contributed by atoms with Crippen molar-refractivity contribution in [1.29, 1.82) is 0 Å². The lowest BCUT2D eigenvalue weighted by atomic mass is 9.68. The first-order chi connectivity index (χ1) is 16.6. The number of anilines is 1. The van der Waals surface area contributed by atoms with E-state index in [1.807, 2.05) is 6.07 Å². The average Bonchev–Trinajstić information content (AvgIpc) is 3.34. The molecule has 2 N–H and O–H groups in total. The zero-order valence-electron chi connectivity index (χ0n) is 19.4. The first-order valence-electron chi connectivity index (χ1n) is 11.1. The van der Waals surface area contributed by atoms with Crippen LogP contribution in [-0.4, -0.2) is 75.2 Å².